The van der Waals surface area contributed by atoms with Crippen LogP contribution in [0, 0.1) is 0 Å². The number of hydrogen-bond donors (Lipinski definition) is 0. The lowest BCUT2D eigenvalue weighted by Crippen LogP contribution is -2.58. The molecule has 1 atom stereocenters. The van der Waals surface area contributed by atoms with Crippen LogP contribution in [-0.4, -0.2) is 28.7 Å². The van der Waals surface area contributed by atoms with Crippen LogP contribution >= 0.6 is 15.9 Å². The third-order valence-electron chi connectivity index (χ3n) is 4.93. The number of hydrazone groups is 2. The Hall–Kier alpha value is -3.06. The summed E-state index contributed by atoms with van der Waals surface area (Å²) in [6, 6.07) is 14.8. The average Bonchev–Trinajstić information content (AvgIpc) is 2.94. The molecule has 1 unspecified atom stereocenters. The third-order valence-corrected chi connectivity index (χ3v) is 5.42. The van der Waals surface area contributed by atoms with E-state index < -0.39 is 5.54 Å². The van der Waals surface area contributed by atoms with Crippen LogP contribution in [0.4, 0.5) is 5.69 Å². The van der Waals surface area contributed by atoms with Crippen LogP contribution in [0.25, 0.3) is 0 Å². The van der Waals surface area contributed by atoms with Gasteiger partial charge in [0, 0.05) is 21.7 Å². The number of allylic oxidation sites excluding steroid dienone is 1. The van der Waals surface area contributed by atoms with Gasteiger partial charge in [0.25, 0.3) is 11.8 Å². The summed E-state index contributed by atoms with van der Waals surface area (Å²) < 4.78 is 0.830. The Morgan fingerprint density at radius 2 is 1.90 bits per heavy atom. The Morgan fingerprint density at radius 1 is 1.14 bits per heavy atom. The molecule has 0 N–H and O–H groups in total. The van der Waals surface area contributed by atoms with Crippen LogP contribution in [0.1, 0.15) is 31.9 Å². The Morgan fingerprint density at radius 3 is 2.62 bits per heavy atom. The van der Waals surface area contributed by atoms with E-state index in [0.717, 1.165) is 15.6 Å². The van der Waals surface area contributed by atoms with Crippen LogP contribution in [-0.2, 0) is 15.1 Å². The Bertz CT molecular complexity index is 1120. The summed E-state index contributed by atoms with van der Waals surface area (Å²) in [4.78, 5) is 26.9. The van der Waals surface area contributed by atoms with Crippen LogP contribution in [0.3, 0.4) is 0 Å². The molecule has 0 aliphatic carbocycles. The smallest absolute Gasteiger partial charge is 0.269 e. The van der Waals surface area contributed by atoms with Crippen molar-refractivity contribution < 1.29 is 9.59 Å². The lowest BCUT2D eigenvalue weighted by molar-refractivity contribution is -0.139. The van der Waals surface area contributed by atoms with E-state index in [2.05, 4.69) is 26.1 Å². The van der Waals surface area contributed by atoms with Crippen LogP contribution in [0.15, 0.2) is 74.9 Å². The molecule has 2 aliphatic rings. The van der Waals surface area contributed by atoms with Gasteiger partial charge in [0.15, 0.2) is 0 Å². The van der Waals surface area contributed by atoms with Gasteiger partial charge in [0.1, 0.15) is 0 Å². The molecule has 29 heavy (non-hydrogen) atoms. The molecule has 146 valence electrons. The fraction of sp³-hybridized carbons (Fsp3) is 0.182. The molecule has 2 heterocycles. The van der Waals surface area contributed by atoms with Crippen molar-refractivity contribution in [2.75, 3.05) is 5.01 Å². The van der Waals surface area contributed by atoms with E-state index in [1.165, 1.54) is 16.1 Å². The zero-order valence-corrected chi connectivity index (χ0v) is 17.8. The number of anilines is 1. The van der Waals surface area contributed by atoms with E-state index in [4.69, 9.17) is 0 Å². The topological polar surface area (TPSA) is 65.3 Å². The molecule has 2 aromatic carbocycles. The van der Waals surface area contributed by atoms with Crippen molar-refractivity contribution in [1.29, 1.82) is 0 Å². The minimum atomic E-state index is -1.42. The number of amides is 2. The molecule has 4 rings (SSSR count). The van der Waals surface area contributed by atoms with Gasteiger partial charge < -0.3 is 0 Å². The predicted octanol–water partition coefficient (Wildman–Crippen LogP) is 4.21. The molecule has 2 aliphatic heterocycles. The van der Waals surface area contributed by atoms with Crippen LogP contribution < -0.4 is 5.01 Å². The second kappa shape index (κ2) is 7.08. The van der Waals surface area contributed by atoms with Gasteiger partial charge in [-0.15, -0.1) is 0 Å². The first-order valence-corrected chi connectivity index (χ1v) is 9.93. The highest BCUT2D eigenvalue weighted by Crippen LogP contribution is 2.42. The third kappa shape index (κ3) is 2.93. The first-order valence-electron chi connectivity index (χ1n) is 9.14. The maximum Gasteiger partial charge on any atom is 0.286 e. The normalized spacial score (nSPS) is 20.0. The van der Waals surface area contributed by atoms with Gasteiger partial charge in [-0.2, -0.15) is 15.2 Å². The lowest BCUT2D eigenvalue weighted by atomic mass is 9.81. The predicted molar refractivity (Wildman–Crippen MR) is 117 cm³/mol. The van der Waals surface area contributed by atoms with Gasteiger partial charge >= 0.3 is 0 Å². The number of halogens is 1. The number of nitrogens with zero attached hydrogens (tertiary/aromatic N) is 4. The van der Waals surface area contributed by atoms with Crippen molar-refractivity contribution in [3.05, 3.63) is 75.8 Å². The highest BCUT2D eigenvalue weighted by Gasteiger charge is 2.59. The Balaban J connectivity index is 1.93. The van der Waals surface area contributed by atoms with Crippen molar-refractivity contribution >= 4 is 45.4 Å². The van der Waals surface area contributed by atoms with Crippen LogP contribution in [0.5, 0.6) is 0 Å². The molecule has 7 heteroatoms. The van der Waals surface area contributed by atoms with Crippen molar-refractivity contribution in [2.24, 2.45) is 10.2 Å². The summed E-state index contributed by atoms with van der Waals surface area (Å²) >= 11 is 3.44. The summed E-state index contributed by atoms with van der Waals surface area (Å²) in [5.74, 6) is -0.706. The SMILES string of the molecule is CC(C)=CC(=O)N1N=Cc2ccccc2C12C(=O)N(c1cccc(Br)c1)N=C2C. The van der Waals surface area contributed by atoms with E-state index in [1.807, 2.05) is 56.3 Å². The van der Waals surface area contributed by atoms with Crippen molar-refractivity contribution in [1.82, 2.24) is 5.01 Å². The number of carbonyl (C=O) groups excluding carboxylic acids is 2. The van der Waals surface area contributed by atoms with Gasteiger partial charge in [0.05, 0.1) is 17.6 Å². The summed E-state index contributed by atoms with van der Waals surface area (Å²) in [5.41, 5.74) is 1.98. The lowest BCUT2D eigenvalue weighted by Gasteiger charge is -2.39. The van der Waals surface area contributed by atoms with Gasteiger partial charge in [-0.05, 0) is 39.0 Å². The molecular formula is C22H19BrN4O2. The van der Waals surface area contributed by atoms with Gasteiger partial charge in [0.2, 0.25) is 5.54 Å². The Labute approximate surface area is 177 Å². The highest BCUT2D eigenvalue weighted by atomic mass is 79.9. The summed E-state index contributed by atoms with van der Waals surface area (Å²) in [6.07, 6.45) is 3.09. The number of fused-ring (bicyclic) bond motifs is 2. The van der Waals surface area contributed by atoms with Gasteiger partial charge in [-0.1, -0.05) is 51.8 Å². The minimum absolute atomic E-state index is 0.340. The number of hydrogen-bond acceptors (Lipinski definition) is 4. The molecule has 0 saturated heterocycles. The van der Waals surface area contributed by atoms with Crippen molar-refractivity contribution in [3.8, 4) is 0 Å². The standard InChI is InChI=1S/C22H19BrN4O2/c1-14(2)11-20(28)27-22(19-10-5-4-7-16(19)13-24-27)15(3)25-26(21(22)29)18-9-6-8-17(23)12-18/h4-13H,1-3H3. The number of carbonyl (C=O) groups is 2. The first-order chi connectivity index (χ1) is 13.9. The molecule has 0 radical (unpaired) electrons. The molecular weight excluding hydrogens is 432 g/mol. The number of rotatable bonds is 2. The van der Waals surface area contributed by atoms with Crippen LogP contribution in [0.2, 0.25) is 0 Å². The summed E-state index contributed by atoms with van der Waals surface area (Å²) in [5, 5.41) is 11.5. The highest BCUT2D eigenvalue weighted by molar-refractivity contribution is 9.10. The average molecular weight is 451 g/mol. The van der Waals surface area contributed by atoms with Gasteiger partial charge in [-0.25, -0.2) is 5.01 Å². The molecule has 0 saturated carbocycles. The van der Waals surface area contributed by atoms with Crippen molar-refractivity contribution in [2.45, 2.75) is 26.3 Å². The second-order valence-corrected chi connectivity index (χ2v) is 8.11. The fourth-order valence-corrected chi connectivity index (χ4v) is 4.09. The monoisotopic (exact) mass is 450 g/mol. The van der Waals surface area contributed by atoms with E-state index in [9.17, 15) is 9.59 Å². The van der Waals surface area contributed by atoms with E-state index in [1.54, 1.807) is 19.2 Å². The van der Waals surface area contributed by atoms with Crippen molar-refractivity contribution in [3.63, 3.8) is 0 Å². The maximum absolute atomic E-state index is 13.9. The first kappa shape index (κ1) is 19.3. The largest absolute Gasteiger partial charge is 0.286 e. The zero-order chi connectivity index (χ0) is 20.8. The van der Waals surface area contributed by atoms with Gasteiger partial charge in [-0.3, -0.25) is 9.59 Å². The molecule has 1 spiro atoms. The number of benzene rings is 2. The zero-order valence-electron chi connectivity index (χ0n) is 16.3. The van der Waals surface area contributed by atoms with E-state index in [0.29, 0.717) is 17.0 Å². The Kier molecular flexibility index (Phi) is 4.70. The fourth-order valence-electron chi connectivity index (χ4n) is 3.70. The summed E-state index contributed by atoms with van der Waals surface area (Å²) in [6.45, 7) is 5.42. The van der Waals surface area contributed by atoms with E-state index >= 15 is 0 Å². The molecule has 6 nitrogen and oxygen atoms in total. The maximum atomic E-state index is 13.9. The molecule has 2 amide bonds. The van der Waals surface area contributed by atoms with E-state index in [-0.39, 0.29) is 11.8 Å². The molecule has 0 fully saturated rings. The second-order valence-electron chi connectivity index (χ2n) is 7.20. The quantitative estimate of drug-likeness (QED) is 0.643. The molecule has 0 bridgehead atoms. The molecule has 0 aromatic heterocycles. The summed E-state index contributed by atoms with van der Waals surface area (Å²) in [7, 11) is 0. The molecule has 2 aromatic rings. The minimum Gasteiger partial charge on any atom is -0.269 e.